The van der Waals surface area contributed by atoms with E-state index in [0.717, 1.165) is 0 Å². The minimum atomic E-state index is 0. The van der Waals surface area contributed by atoms with E-state index in [0.29, 0.717) is 0 Å². The third kappa shape index (κ3) is 2.68. The van der Waals surface area contributed by atoms with E-state index in [1.165, 1.54) is 5.56 Å². The van der Waals surface area contributed by atoms with Gasteiger partial charge in [-0.05, 0) is 5.56 Å². The Morgan fingerprint density at radius 1 is 1.22 bits per heavy atom. The normalized spacial score (nSPS) is 7.56. The van der Waals surface area contributed by atoms with Gasteiger partial charge in [0.15, 0.2) is 0 Å². The maximum atomic E-state index is 3.63. The molecule has 0 nitrogen and oxygen atoms in total. The van der Waals surface area contributed by atoms with Crippen molar-refractivity contribution in [2.45, 2.75) is 0 Å². The zero-order valence-corrected chi connectivity index (χ0v) is 6.79. The Morgan fingerprint density at radius 2 is 1.78 bits per heavy atom. The molecule has 1 heteroatoms. The van der Waals surface area contributed by atoms with Crippen molar-refractivity contribution in [3.8, 4) is 0 Å². The smallest absolute Gasteiger partial charge is 1.00 e. The van der Waals surface area contributed by atoms with Gasteiger partial charge < -0.3 is 2.85 Å². The minimum Gasteiger partial charge on any atom is -1.00 e. The first-order valence-electron chi connectivity index (χ1n) is 2.61. The molecule has 44 valence electrons. The summed E-state index contributed by atoms with van der Waals surface area (Å²) in [6.07, 6.45) is 1.83. The van der Waals surface area contributed by atoms with Gasteiger partial charge in [0.1, 0.15) is 0 Å². The first-order valence-corrected chi connectivity index (χ1v) is 2.61. The molecule has 1 rings (SSSR count). The van der Waals surface area contributed by atoms with Crippen LogP contribution in [0.15, 0.2) is 36.9 Å². The fourth-order valence-corrected chi connectivity index (χ4v) is 0.589. The summed E-state index contributed by atoms with van der Waals surface area (Å²) in [5.74, 6) is 0. The number of hydrogen-bond acceptors (Lipinski definition) is 0. The van der Waals surface area contributed by atoms with Crippen molar-refractivity contribution in [3.05, 3.63) is 42.5 Å². The van der Waals surface area contributed by atoms with Gasteiger partial charge in [0.2, 0.25) is 0 Å². The van der Waals surface area contributed by atoms with Crippen LogP contribution in [0.2, 0.25) is 0 Å². The van der Waals surface area contributed by atoms with E-state index >= 15 is 0 Å². The van der Waals surface area contributed by atoms with Gasteiger partial charge in [-0.25, -0.2) is 0 Å². The quantitative estimate of drug-likeness (QED) is 0.511. The summed E-state index contributed by atoms with van der Waals surface area (Å²) in [5.41, 5.74) is 1.17. The van der Waals surface area contributed by atoms with Crippen LogP contribution in [0.4, 0.5) is 0 Å². The van der Waals surface area contributed by atoms with Crippen LogP contribution < -0.4 is 0 Å². The van der Waals surface area contributed by atoms with Crippen LogP contribution in [-0.4, -0.2) is 23.1 Å². The molecule has 9 heavy (non-hydrogen) atoms. The standard InChI is InChI=1S/C8H8.Mg.2H/c1-2-8-6-4-3-5-7-8;;;/h2-7H,1H2;;;/q;+2;2*-1. The fourth-order valence-electron chi connectivity index (χ4n) is 0.589. The van der Waals surface area contributed by atoms with Gasteiger partial charge in [0.05, 0.1) is 0 Å². The molecule has 1 aromatic rings. The maximum Gasteiger partial charge on any atom is 2.00 e. The molecule has 0 atom stereocenters. The molecule has 0 N–H and O–H groups in total. The Morgan fingerprint density at radius 3 is 2.11 bits per heavy atom. The van der Waals surface area contributed by atoms with Gasteiger partial charge in [-0.1, -0.05) is 43.0 Å². The van der Waals surface area contributed by atoms with Crippen molar-refractivity contribution in [2.24, 2.45) is 0 Å². The molecule has 0 radical (unpaired) electrons. The van der Waals surface area contributed by atoms with E-state index < -0.39 is 0 Å². The molecule has 0 spiro atoms. The molecule has 0 heterocycles. The molecule has 0 amide bonds. The Labute approximate surface area is 74.7 Å². The molecule has 0 saturated heterocycles. The molecule has 0 aliphatic heterocycles. The van der Waals surface area contributed by atoms with Crippen molar-refractivity contribution >= 4 is 29.1 Å². The zero-order chi connectivity index (χ0) is 5.82. The number of hydrogen-bond donors (Lipinski definition) is 0. The predicted octanol–water partition coefficient (Wildman–Crippen LogP) is 2.17. The number of rotatable bonds is 1. The molecule has 0 saturated carbocycles. The molecule has 0 aliphatic carbocycles. The molecule has 0 aliphatic rings. The van der Waals surface area contributed by atoms with Crippen LogP contribution in [0.25, 0.3) is 6.08 Å². The van der Waals surface area contributed by atoms with E-state index in [1.54, 1.807) is 0 Å². The van der Waals surface area contributed by atoms with E-state index in [-0.39, 0.29) is 25.9 Å². The Bertz CT molecular complexity index is 175. The fraction of sp³-hybridized carbons (Fsp3) is 0. The van der Waals surface area contributed by atoms with Gasteiger partial charge in [-0.15, -0.1) is 0 Å². The predicted molar refractivity (Wildman–Crippen MR) is 44.5 cm³/mol. The molecular weight excluding hydrogens is 120 g/mol. The van der Waals surface area contributed by atoms with Crippen LogP contribution in [0.5, 0.6) is 0 Å². The zero-order valence-electron chi connectivity index (χ0n) is 7.38. The average Bonchev–Trinajstić information content (AvgIpc) is 1.90. The molecule has 0 fully saturated rings. The minimum absolute atomic E-state index is 0. The molecule has 0 unspecified atom stereocenters. The van der Waals surface area contributed by atoms with Crippen molar-refractivity contribution in [1.82, 2.24) is 0 Å². The Balaban J connectivity index is -0.000000213. The van der Waals surface area contributed by atoms with E-state index in [2.05, 4.69) is 6.58 Å². The molecular formula is C8H10Mg. The van der Waals surface area contributed by atoms with Crippen molar-refractivity contribution in [3.63, 3.8) is 0 Å². The largest absolute Gasteiger partial charge is 2.00 e. The Hall–Kier alpha value is -0.274. The summed E-state index contributed by atoms with van der Waals surface area (Å²) in [7, 11) is 0. The summed E-state index contributed by atoms with van der Waals surface area (Å²) in [6, 6.07) is 10.0. The summed E-state index contributed by atoms with van der Waals surface area (Å²) < 4.78 is 0. The molecule has 0 aromatic heterocycles. The van der Waals surface area contributed by atoms with E-state index in [4.69, 9.17) is 0 Å². The summed E-state index contributed by atoms with van der Waals surface area (Å²) in [4.78, 5) is 0. The van der Waals surface area contributed by atoms with Crippen LogP contribution >= 0.6 is 0 Å². The average molecular weight is 130 g/mol. The third-order valence-electron chi connectivity index (χ3n) is 1.04. The first kappa shape index (κ1) is 8.73. The van der Waals surface area contributed by atoms with Gasteiger partial charge in [0.25, 0.3) is 0 Å². The number of benzene rings is 1. The summed E-state index contributed by atoms with van der Waals surface area (Å²) >= 11 is 0. The molecule has 0 bridgehead atoms. The van der Waals surface area contributed by atoms with Gasteiger partial charge in [-0.2, -0.15) is 0 Å². The van der Waals surface area contributed by atoms with Crippen LogP contribution in [-0.2, 0) is 0 Å². The summed E-state index contributed by atoms with van der Waals surface area (Å²) in [5, 5.41) is 0. The van der Waals surface area contributed by atoms with Crippen LogP contribution in [0.3, 0.4) is 0 Å². The first-order chi connectivity index (χ1) is 3.93. The third-order valence-corrected chi connectivity index (χ3v) is 1.04. The van der Waals surface area contributed by atoms with Crippen LogP contribution in [0.1, 0.15) is 8.42 Å². The second-order valence-electron chi connectivity index (χ2n) is 1.61. The van der Waals surface area contributed by atoms with Crippen LogP contribution in [0, 0.1) is 0 Å². The van der Waals surface area contributed by atoms with E-state index in [1.807, 2.05) is 36.4 Å². The van der Waals surface area contributed by atoms with Gasteiger partial charge >= 0.3 is 23.1 Å². The SMILES string of the molecule is C=Cc1ccccc1.[H-].[H-].[Mg+2]. The molecule has 1 aromatic carbocycles. The topological polar surface area (TPSA) is 0 Å². The van der Waals surface area contributed by atoms with Crippen molar-refractivity contribution in [2.75, 3.05) is 0 Å². The monoisotopic (exact) mass is 130 g/mol. The Kier molecular flexibility index (Phi) is 4.45. The maximum absolute atomic E-state index is 3.63. The van der Waals surface area contributed by atoms with Gasteiger partial charge in [0, 0.05) is 0 Å². The van der Waals surface area contributed by atoms with Crippen molar-refractivity contribution in [1.29, 1.82) is 0 Å². The second-order valence-corrected chi connectivity index (χ2v) is 1.61. The van der Waals surface area contributed by atoms with Gasteiger partial charge in [-0.3, -0.25) is 0 Å². The second kappa shape index (κ2) is 4.59. The van der Waals surface area contributed by atoms with Crippen molar-refractivity contribution < 1.29 is 2.85 Å². The summed E-state index contributed by atoms with van der Waals surface area (Å²) in [6.45, 7) is 3.63. The van der Waals surface area contributed by atoms with E-state index in [9.17, 15) is 0 Å².